The van der Waals surface area contributed by atoms with E-state index in [9.17, 15) is 0 Å². The second kappa shape index (κ2) is 14.6. The second-order valence-electron chi connectivity index (χ2n) is 16.7. The molecule has 0 radical (unpaired) electrons. The third-order valence-electron chi connectivity index (χ3n) is 13.0. The normalized spacial score (nSPS) is 12.2. The molecule has 0 unspecified atom stereocenters. The van der Waals surface area contributed by atoms with E-state index in [4.69, 9.17) is 15.0 Å². The Morgan fingerprint density at radius 3 is 1.45 bits per heavy atom. The van der Waals surface area contributed by atoms with Crippen molar-refractivity contribution in [1.82, 2.24) is 24.1 Å². The van der Waals surface area contributed by atoms with Crippen molar-refractivity contribution < 1.29 is 0 Å². The molecule has 1 aliphatic carbocycles. The van der Waals surface area contributed by atoms with Crippen LogP contribution in [0.1, 0.15) is 11.1 Å². The minimum absolute atomic E-state index is 0.621. The smallest absolute Gasteiger partial charge is 0.164 e. The zero-order valence-electron chi connectivity index (χ0n) is 34.9. The van der Waals surface area contributed by atoms with Crippen molar-refractivity contribution in [2.24, 2.45) is 0 Å². The third-order valence-corrected chi connectivity index (χ3v) is 13.0. The summed E-state index contributed by atoms with van der Waals surface area (Å²) in [6.07, 6.45) is 1.98. The molecular weight excluding hydrogens is 779 g/mol. The molecule has 5 heteroatoms. The Labute approximate surface area is 370 Å². The molecule has 3 heterocycles. The SMILES string of the molecule is c1ccc(-c2ccc(-n3c4ccccc4c4cc5c6c7c(cccc7n(-c7cc(-c8ccccc8)cc(-c8nc(-c9ccccc9)nc(-c9ccccc9)n8)c7)c6c43)CC5)cc2)cc1. The fourth-order valence-electron chi connectivity index (χ4n) is 10.1. The lowest BCUT2D eigenvalue weighted by Crippen LogP contribution is -2.02. The summed E-state index contributed by atoms with van der Waals surface area (Å²) in [7, 11) is 0. The second-order valence-corrected chi connectivity index (χ2v) is 16.7. The fourth-order valence-corrected chi connectivity index (χ4v) is 10.1. The predicted octanol–water partition coefficient (Wildman–Crippen LogP) is 14.5. The van der Waals surface area contributed by atoms with Crippen LogP contribution >= 0.6 is 0 Å². The molecule has 64 heavy (non-hydrogen) atoms. The number of aromatic nitrogens is 5. The molecule has 0 saturated carbocycles. The van der Waals surface area contributed by atoms with Gasteiger partial charge >= 0.3 is 0 Å². The number of nitrogens with zero attached hydrogens (tertiary/aromatic N) is 5. The van der Waals surface area contributed by atoms with Gasteiger partial charge in [-0.05, 0) is 94.8 Å². The summed E-state index contributed by atoms with van der Waals surface area (Å²) in [5, 5.41) is 5.17. The van der Waals surface area contributed by atoms with Crippen molar-refractivity contribution in [3.05, 3.63) is 223 Å². The number of hydrogen-bond acceptors (Lipinski definition) is 3. The Bertz CT molecular complexity index is 3680. The molecule has 13 rings (SSSR count). The van der Waals surface area contributed by atoms with Crippen LogP contribution in [0.2, 0.25) is 0 Å². The quantitative estimate of drug-likeness (QED) is 0.161. The maximum Gasteiger partial charge on any atom is 0.164 e. The van der Waals surface area contributed by atoms with Gasteiger partial charge in [-0.15, -0.1) is 0 Å². The topological polar surface area (TPSA) is 48.5 Å². The summed E-state index contributed by atoms with van der Waals surface area (Å²) >= 11 is 0. The maximum absolute atomic E-state index is 5.25. The van der Waals surface area contributed by atoms with Crippen LogP contribution in [0.15, 0.2) is 212 Å². The molecule has 0 aliphatic heterocycles. The number of fused-ring (bicyclic) bond motifs is 4. The van der Waals surface area contributed by atoms with Crippen LogP contribution in [0.5, 0.6) is 0 Å². The number of para-hydroxylation sites is 1. The first-order valence-corrected chi connectivity index (χ1v) is 22.0. The monoisotopic (exact) mass is 817 g/mol. The molecule has 0 N–H and O–H groups in total. The highest BCUT2D eigenvalue weighted by Gasteiger charge is 2.28. The van der Waals surface area contributed by atoms with E-state index in [1.54, 1.807) is 0 Å². The summed E-state index contributed by atoms with van der Waals surface area (Å²) in [6.45, 7) is 0. The summed E-state index contributed by atoms with van der Waals surface area (Å²) in [6, 6.07) is 75.9. The van der Waals surface area contributed by atoms with E-state index in [2.05, 4.69) is 185 Å². The minimum atomic E-state index is 0.621. The van der Waals surface area contributed by atoms with E-state index in [-0.39, 0.29) is 0 Å². The zero-order chi connectivity index (χ0) is 42.1. The van der Waals surface area contributed by atoms with Gasteiger partial charge < -0.3 is 9.13 Å². The standard InChI is InChI=1S/C59H39N5/c1-5-16-38(17-6-1)40-30-32-47(33-31-40)63-51-26-14-13-25-49(51)50-37-44-29-28-41-24-15-27-52-53(41)54(44)56(55(50)63)64(52)48-35-45(39-18-7-2-8-19-39)34-46(36-48)59-61-57(42-20-9-3-10-21-42)60-58(62-59)43-22-11-4-12-23-43/h1-27,30-37H,28-29H2. The third kappa shape index (κ3) is 5.82. The van der Waals surface area contributed by atoms with E-state index in [0.717, 1.165) is 52.0 Å². The Morgan fingerprint density at radius 2 is 0.797 bits per heavy atom. The lowest BCUT2D eigenvalue weighted by molar-refractivity contribution is 0.971. The van der Waals surface area contributed by atoms with Crippen LogP contribution < -0.4 is 0 Å². The molecule has 0 fully saturated rings. The van der Waals surface area contributed by atoms with Gasteiger partial charge in [0.25, 0.3) is 0 Å². The van der Waals surface area contributed by atoms with Crippen molar-refractivity contribution in [3.63, 3.8) is 0 Å². The maximum atomic E-state index is 5.25. The summed E-state index contributed by atoms with van der Waals surface area (Å²) in [4.78, 5) is 15.5. The van der Waals surface area contributed by atoms with Gasteiger partial charge in [-0.2, -0.15) is 0 Å². The van der Waals surface area contributed by atoms with Crippen molar-refractivity contribution in [2.75, 3.05) is 0 Å². The molecule has 0 amide bonds. The zero-order valence-corrected chi connectivity index (χ0v) is 34.9. The molecule has 0 atom stereocenters. The average Bonchev–Trinajstić information content (AvgIpc) is 3.90. The number of aryl methyl sites for hydroxylation is 2. The van der Waals surface area contributed by atoms with Gasteiger partial charge in [0, 0.05) is 49.6 Å². The van der Waals surface area contributed by atoms with Crippen LogP contribution in [-0.2, 0) is 12.8 Å². The first-order chi connectivity index (χ1) is 31.7. The van der Waals surface area contributed by atoms with Crippen molar-refractivity contribution >= 4 is 43.6 Å². The van der Waals surface area contributed by atoms with Gasteiger partial charge in [0.2, 0.25) is 0 Å². The molecular formula is C59H39N5. The minimum Gasteiger partial charge on any atom is -0.307 e. The molecule has 12 aromatic rings. The van der Waals surface area contributed by atoms with Gasteiger partial charge in [-0.3, -0.25) is 0 Å². The average molecular weight is 818 g/mol. The van der Waals surface area contributed by atoms with Crippen LogP contribution in [0.4, 0.5) is 0 Å². The first kappa shape index (κ1) is 36.3. The van der Waals surface area contributed by atoms with E-state index < -0.39 is 0 Å². The largest absolute Gasteiger partial charge is 0.307 e. The molecule has 0 saturated heterocycles. The summed E-state index contributed by atoms with van der Waals surface area (Å²) in [5.41, 5.74) is 17.1. The molecule has 0 bridgehead atoms. The van der Waals surface area contributed by atoms with Crippen LogP contribution in [0.3, 0.4) is 0 Å². The first-order valence-electron chi connectivity index (χ1n) is 22.0. The van der Waals surface area contributed by atoms with Gasteiger partial charge in [-0.25, -0.2) is 15.0 Å². The number of hydrogen-bond donors (Lipinski definition) is 0. The van der Waals surface area contributed by atoms with Crippen molar-refractivity contribution in [3.8, 4) is 67.8 Å². The van der Waals surface area contributed by atoms with E-state index >= 15 is 0 Å². The molecule has 300 valence electrons. The Morgan fingerprint density at radius 1 is 0.297 bits per heavy atom. The lowest BCUT2D eigenvalue weighted by Gasteiger charge is -2.17. The lowest BCUT2D eigenvalue weighted by atomic mass is 9.90. The van der Waals surface area contributed by atoms with Crippen LogP contribution in [-0.4, -0.2) is 24.1 Å². The summed E-state index contributed by atoms with van der Waals surface area (Å²) < 4.78 is 5.03. The van der Waals surface area contributed by atoms with Gasteiger partial charge in [0.1, 0.15) is 0 Å². The Kier molecular flexibility index (Phi) is 8.28. The molecule has 0 spiro atoms. The van der Waals surface area contributed by atoms with Crippen LogP contribution in [0, 0.1) is 0 Å². The van der Waals surface area contributed by atoms with E-state index in [1.807, 2.05) is 36.4 Å². The highest BCUT2D eigenvalue weighted by molar-refractivity contribution is 6.26. The van der Waals surface area contributed by atoms with Crippen molar-refractivity contribution in [2.45, 2.75) is 12.8 Å². The van der Waals surface area contributed by atoms with Gasteiger partial charge in [0.05, 0.1) is 22.1 Å². The summed E-state index contributed by atoms with van der Waals surface area (Å²) in [5.74, 6) is 1.89. The number of benzene rings is 9. The Hall–Kier alpha value is -8.41. The molecule has 3 aromatic heterocycles. The van der Waals surface area contributed by atoms with E-state index in [1.165, 1.54) is 65.9 Å². The number of rotatable bonds is 7. The molecule has 9 aromatic carbocycles. The molecule has 5 nitrogen and oxygen atoms in total. The van der Waals surface area contributed by atoms with Crippen LogP contribution in [0.25, 0.3) is 111 Å². The predicted molar refractivity (Wildman–Crippen MR) is 263 cm³/mol. The van der Waals surface area contributed by atoms with Gasteiger partial charge in [0.15, 0.2) is 17.5 Å². The highest BCUT2D eigenvalue weighted by atomic mass is 15.1. The fraction of sp³-hybridized carbons (Fsp3) is 0.0339. The van der Waals surface area contributed by atoms with E-state index in [0.29, 0.717) is 17.5 Å². The Balaban J connectivity index is 1.14. The molecule has 1 aliphatic rings. The van der Waals surface area contributed by atoms with Crippen molar-refractivity contribution in [1.29, 1.82) is 0 Å². The highest BCUT2D eigenvalue weighted by Crippen LogP contribution is 2.47. The van der Waals surface area contributed by atoms with Gasteiger partial charge in [-0.1, -0.05) is 164 Å².